The molecule has 5 heteroatoms. The van der Waals surface area contributed by atoms with E-state index in [2.05, 4.69) is 25.8 Å². The van der Waals surface area contributed by atoms with Gasteiger partial charge in [-0.15, -0.1) is 0 Å². The van der Waals surface area contributed by atoms with Crippen molar-refractivity contribution in [3.63, 3.8) is 0 Å². The summed E-state index contributed by atoms with van der Waals surface area (Å²) in [5, 5.41) is 0. The van der Waals surface area contributed by atoms with E-state index in [9.17, 15) is 14.4 Å². The number of hydrogen-bond acceptors (Lipinski definition) is 4. The van der Waals surface area contributed by atoms with Crippen LogP contribution in [0.3, 0.4) is 0 Å². The van der Waals surface area contributed by atoms with E-state index < -0.39 is 12.1 Å². The Bertz CT molecular complexity index is 882. The van der Waals surface area contributed by atoms with E-state index in [1.165, 1.54) is 6.92 Å². The topological polar surface area (TPSA) is 76.2 Å². The number of esters is 1. The average Bonchev–Trinajstić information content (AvgIpc) is 2.88. The molecule has 1 aromatic carbocycles. The highest BCUT2D eigenvalue weighted by Gasteiger charge is 2.25. The van der Waals surface area contributed by atoms with Crippen LogP contribution in [-0.4, -0.2) is 28.6 Å². The Labute approximate surface area is 160 Å². The summed E-state index contributed by atoms with van der Waals surface area (Å²) < 4.78 is 5.35. The van der Waals surface area contributed by atoms with E-state index in [-0.39, 0.29) is 22.7 Å². The van der Waals surface area contributed by atoms with Gasteiger partial charge in [0.2, 0.25) is 5.78 Å². The van der Waals surface area contributed by atoms with Crippen LogP contribution in [0.15, 0.2) is 24.3 Å². The predicted octanol–water partition coefficient (Wildman–Crippen LogP) is 4.56. The Balaban J connectivity index is 2.16. The molecule has 1 N–H and O–H groups in total. The molecule has 0 saturated heterocycles. The minimum absolute atomic E-state index is 0.00289. The SMILES string of the molecule is CC(=O)c1c(C)[nH]c(C(=O)O[C@H](C)C(=O)c2ccc(C(C)(C)C)cc2)c1C. The van der Waals surface area contributed by atoms with Crippen molar-refractivity contribution in [2.75, 3.05) is 0 Å². The zero-order valence-electron chi connectivity index (χ0n) is 17.0. The maximum absolute atomic E-state index is 12.6. The minimum atomic E-state index is -0.929. The Morgan fingerprint density at radius 3 is 2.04 bits per heavy atom. The standard InChI is InChI=1S/C22H27NO4/c1-12-18(14(3)24)13(2)23-19(12)21(26)27-15(4)20(25)16-8-10-17(11-9-16)22(5,6)7/h8-11,15,23H,1-7H3/t15-/m1/s1. The van der Waals surface area contributed by atoms with Gasteiger partial charge in [-0.25, -0.2) is 4.79 Å². The molecule has 1 heterocycles. The Morgan fingerprint density at radius 2 is 1.59 bits per heavy atom. The number of carbonyl (C=O) groups excluding carboxylic acids is 3. The van der Waals surface area contributed by atoms with Crippen molar-refractivity contribution in [1.82, 2.24) is 4.98 Å². The molecule has 1 atom stereocenters. The molecule has 0 aliphatic heterocycles. The van der Waals surface area contributed by atoms with E-state index >= 15 is 0 Å². The number of benzene rings is 1. The van der Waals surface area contributed by atoms with Crippen molar-refractivity contribution in [3.8, 4) is 0 Å². The highest BCUT2D eigenvalue weighted by Crippen LogP contribution is 2.23. The number of rotatable bonds is 5. The molecule has 0 unspecified atom stereocenters. The normalized spacial score (nSPS) is 12.6. The summed E-state index contributed by atoms with van der Waals surface area (Å²) in [4.78, 5) is 39.7. The van der Waals surface area contributed by atoms with Crippen LogP contribution in [0.5, 0.6) is 0 Å². The molecule has 1 aromatic heterocycles. The van der Waals surface area contributed by atoms with Gasteiger partial charge in [-0.3, -0.25) is 9.59 Å². The largest absolute Gasteiger partial charge is 0.450 e. The summed E-state index contributed by atoms with van der Waals surface area (Å²) in [7, 11) is 0. The lowest BCUT2D eigenvalue weighted by atomic mass is 9.86. The summed E-state index contributed by atoms with van der Waals surface area (Å²) in [5.41, 5.74) is 3.46. The van der Waals surface area contributed by atoms with E-state index in [1.807, 2.05) is 12.1 Å². The third-order valence-corrected chi connectivity index (χ3v) is 4.68. The Hall–Kier alpha value is -2.69. The van der Waals surface area contributed by atoms with Gasteiger partial charge < -0.3 is 9.72 Å². The van der Waals surface area contributed by atoms with Crippen LogP contribution in [-0.2, 0) is 10.2 Å². The fourth-order valence-electron chi connectivity index (χ4n) is 3.12. The summed E-state index contributed by atoms with van der Waals surface area (Å²) in [6, 6.07) is 7.34. The highest BCUT2D eigenvalue weighted by atomic mass is 16.5. The Morgan fingerprint density at radius 1 is 1.04 bits per heavy atom. The fourth-order valence-corrected chi connectivity index (χ4v) is 3.12. The molecule has 0 radical (unpaired) electrons. The molecule has 27 heavy (non-hydrogen) atoms. The monoisotopic (exact) mass is 369 g/mol. The van der Waals surface area contributed by atoms with E-state index in [4.69, 9.17) is 4.74 Å². The number of aromatic amines is 1. The first-order valence-corrected chi connectivity index (χ1v) is 8.99. The first-order valence-electron chi connectivity index (χ1n) is 8.99. The smallest absolute Gasteiger partial charge is 0.355 e. The summed E-state index contributed by atoms with van der Waals surface area (Å²) in [6.45, 7) is 12.7. The minimum Gasteiger partial charge on any atom is -0.450 e. The molecular formula is C22H27NO4. The van der Waals surface area contributed by atoms with Gasteiger partial charge in [-0.05, 0) is 44.2 Å². The van der Waals surface area contributed by atoms with Crippen molar-refractivity contribution >= 4 is 17.5 Å². The lowest BCUT2D eigenvalue weighted by molar-refractivity contribution is 0.0313. The Kier molecular flexibility index (Phi) is 5.73. The molecule has 0 aliphatic carbocycles. The van der Waals surface area contributed by atoms with Crippen LogP contribution < -0.4 is 0 Å². The number of aryl methyl sites for hydroxylation is 1. The van der Waals surface area contributed by atoms with Crippen LogP contribution in [0.4, 0.5) is 0 Å². The highest BCUT2D eigenvalue weighted by molar-refractivity contribution is 6.03. The van der Waals surface area contributed by atoms with Crippen molar-refractivity contribution in [2.45, 2.75) is 60.0 Å². The molecule has 0 fully saturated rings. The average molecular weight is 369 g/mol. The van der Waals surface area contributed by atoms with Gasteiger partial charge in [0.1, 0.15) is 5.69 Å². The van der Waals surface area contributed by atoms with E-state index in [0.29, 0.717) is 22.4 Å². The zero-order valence-corrected chi connectivity index (χ0v) is 17.0. The second kappa shape index (κ2) is 7.51. The maximum Gasteiger partial charge on any atom is 0.355 e. The van der Waals surface area contributed by atoms with Crippen LogP contribution in [0.25, 0.3) is 0 Å². The summed E-state index contributed by atoms with van der Waals surface area (Å²) >= 11 is 0. The molecular weight excluding hydrogens is 342 g/mol. The number of ketones is 2. The van der Waals surface area contributed by atoms with Gasteiger partial charge in [0.25, 0.3) is 0 Å². The van der Waals surface area contributed by atoms with Crippen molar-refractivity contribution in [3.05, 3.63) is 57.9 Å². The van der Waals surface area contributed by atoms with Crippen molar-refractivity contribution in [1.29, 1.82) is 0 Å². The second-order valence-corrected chi connectivity index (χ2v) is 7.92. The molecule has 0 aliphatic rings. The fraction of sp³-hybridized carbons (Fsp3) is 0.409. The van der Waals surface area contributed by atoms with Gasteiger partial charge in [-0.1, -0.05) is 45.0 Å². The van der Waals surface area contributed by atoms with Gasteiger partial charge in [-0.2, -0.15) is 0 Å². The maximum atomic E-state index is 12.6. The number of Topliss-reactive ketones (excluding diaryl/α,β-unsaturated/α-hetero) is 2. The number of carbonyl (C=O) groups is 3. The molecule has 0 amide bonds. The number of ether oxygens (including phenoxy) is 1. The third-order valence-electron chi connectivity index (χ3n) is 4.68. The number of aromatic nitrogens is 1. The van der Waals surface area contributed by atoms with Crippen LogP contribution >= 0.6 is 0 Å². The molecule has 0 bridgehead atoms. The van der Waals surface area contributed by atoms with Crippen LogP contribution in [0.1, 0.15) is 82.6 Å². The van der Waals surface area contributed by atoms with Crippen LogP contribution in [0, 0.1) is 13.8 Å². The van der Waals surface area contributed by atoms with Gasteiger partial charge >= 0.3 is 5.97 Å². The molecule has 5 nitrogen and oxygen atoms in total. The zero-order chi connectivity index (χ0) is 20.5. The van der Waals surface area contributed by atoms with Gasteiger partial charge in [0, 0.05) is 16.8 Å². The number of nitrogens with one attached hydrogen (secondary N) is 1. The quantitative estimate of drug-likeness (QED) is 0.619. The first kappa shape index (κ1) is 20.6. The van der Waals surface area contributed by atoms with E-state index in [0.717, 1.165) is 5.56 Å². The molecule has 0 saturated carbocycles. The molecule has 2 aromatic rings. The lowest BCUT2D eigenvalue weighted by Gasteiger charge is -2.19. The summed E-state index contributed by atoms with van der Waals surface area (Å²) in [5.74, 6) is -1.03. The molecule has 2 rings (SSSR count). The van der Waals surface area contributed by atoms with Crippen LogP contribution in [0.2, 0.25) is 0 Å². The first-order chi connectivity index (χ1) is 12.4. The number of H-pyrrole nitrogens is 1. The van der Waals surface area contributed by atoms with Crippen molar-refractivity contribution < 1.29 is 19.1 Å². The van der Waals surface area contributed by atoms with E-state index in [1.54, 1.807) is 32.9 Å². The number of hydrogen-bond donors (Lipinski definition) is 1. The van der Waals surface area contributed by atoms with Crippen molar-refractivity contribution in [2.24, 2.45) is 0 Å². The van der Waals surface area contributed by atoms with Gasteiger partial charge in [0.15, 0.2) is 11.9 Å². The third kappa shape index (κ3) is 4.35. The second-order valence-electron chi connectivity index (χ2n) is 7.92. The predicted molar refractivity (Wildman–Crippen MR) is 105 cm³/mol. The summed E-state index contributed by atoms with van der Waals surface area (Å²) in [6.07, 6.45) is -0.929. The molecule has 144 valence electrons. The lowest BCUT2D eigenvalue weighted by Crippen LogP contribution is -2.25. The van der Waals surface area contributed by atoms with Gasteiger partial charge in [0.05, 0.1) is 0 Å². The molecule has 0 spiro atoms.